The Bertz CT molecular complexity index is 899. The molecule has 0 bridgehead atoms. The first-order valence-corrected chi connectivity index (χ1v) is 10.0. The largest absolute Gasteiger partial charge is 0.543 e. The lowest BCUT2D eigenvalue weighted by Crippen LogP contribution is -2.66. The highest BCUT2D eigenvalue weighted by molar-refractivity contribution is 8.03. The van der Waals surface area contributed by atoms with Crippen LogP contribution in [0.2, 0.25) is 0 Å². The fourth-order valence-electron chi connectivity index (χ4n) is 4.41. The van der Waals surface area contributed by atoms with Crippen LogP contribution in [-0.2, 0) is 27.5 Å². The maximum absolute atomic E-state index is 12.7. The van der Waals surface area contributed by atoms with Crippen molar-refractivity contribution in [3.8, 4) is 0 Å². The van der Waals surface area contributed by atoms with Crippen LogP contribution in [0.3, 0.4) is 0 Å². The SMILES string of the molecule is C[C@@H](NC(=O)C(F)F)[C@H]1C(=O)N2C(C(=O)[O-])=C(SC3Cn4cnc[n+]4C3)[C@H](C)[C@H]12. The van der Waals surface area contributed by atoms with E-state index in [1.165, 1.54) is 23.6 Å². The fourth-order valence-corrected chi connectivity index (χ4v) is 5.87. The molecule has 0 spiro atoms. The van der Waals surface area contributed by atoms with Gasteiger partial charge in [-0.05, 0) is 11.9 Å². The van der Waals surface area contributed by atoms with Gasteiger partial charge >= 0.3 is 12.8 Å². The summed E-state index contributed by atoms with van der Waals surface area (Å²) < 4.78 is 28.9. The van der Waals surface area contributed by atoms with Crippen LogP contribution in [-0.4, -0.2) is 56.1 Å². The van der Waals surface area contributed by atoms with Gasteiger partial charge in [0, 0.05) is 16.9 Å². The van der Waals surface area contributed by atoms with Gasteiger partial charge in [-0.3, -0.25) is 9.59 Å². The van der Waals surface area contributed by atoms with Gasteiger partial charge in [0.25, 0.3) is 5.91 Å². The molecule has 0 aromatic carbocycles. The van der Waals surface area contributed by atoms with E-state index in [0.717, 1.165) is 0 Å². The summed E-state index contributed by atoms with van der Waals surface area (Å²) in [5.41, 5.74) is -0.152. The molecule has 1 fully saturated rings. The number of amides is 2. The number of carbonyl (C=O) groups excluding carboxylic acids is 3. The minimum atomic E-state index is -3.18. The number of thioether (sulfide) groups is 1. The highest BCUT2D eigenvalue weighted by atomic mass is 32.2. The van der Waals surface area contributed by atoms with Crippen LogP contribution >= 0.6 is 11.8 Å². The van der Waals surface area contributed by atoms with Crippen LogP contribution < -0.4 is 15.1 Å². The molecule has 3 aliphatic heterocycles. The molecule has 3 aliphatic rings. The average Bonchev–Trinajstić information content (AvgIpc) is 3.28. The summed E-state index contributed by atoms with van der Waals surface area (Å²) in [6.07, 6.45) is 0.194. The average molecular weight is 427 g/mol. The Morgan fingerprint density at radius 3 is 2.79 bits per heavy atom. The highest BCUT2D eigenvalue weighted by Gasteiger charge is 2.59. The lowest BCUT2D eigenvalue weighted by molar-refractivity contribution is -0.758. The normalized spacial score (nSPS) is 29.0. The Hall–Kier alpha value is -2.50. The van der Waals surface area contributed by atoms with Gasteiger partial charge in [0.1, 0.15) is 6.54 Å². The second kappa shape index (κ2) is 7.08. The summed E-state index contributed by atoms with van der Waals surface area (Å²) in [7, 11) is 0. The van der Waals surface area contributed by atoms with E-state index in [-0.39, 0.29) is 16.9 Å². The number of aromatic nitrogens is 3. The zero-order chi connectivity index (χ0) is 21.0. The van der Waals surface area contributed by atoms with Crippen molar-refractivity contribution in [2.75, 3.05) is 0 Å². The molecular formula is C17H19F2N5O4S. The van der Waals surface area contributed by atoms with Gasteiger partial charge < -0.3 is 20.1 Å². The van der Waals surface area contributed by atoms with Gasteiger partial charge in [-0.1, -0.05) is 6.92 Å². The van der Waals surface area contributed by atoms with E-state index >= 15 is 0 Å². The Kier molecular flexibility index (Phi) is 4.83. The lowest BCUT2D eigenvalue weighted by atomic mass is 9.78. The van der Waals surface area contributed by atoms with Gasteiger partial charge in [-0.25, -0.2) is 0 Å². The molecule has 1 aromatic heterocycles. The molecular weight excluding hydrogens is 408 g/mol. The number of hydrogen-bond donors (Lipinski definition) is 1. The summed E-state index contributed by atoms with van der Waals surface area (Å²) >= 11 is 1.39. The van der Waals surface area contributed by atoms with Gasteiger partial charge in [-0.15, -0.1) is 11.8 Å². The van der Waals surface area contributed by atoms with Gasteiger partial charge in [0.2, 0.25) is 12.2 Å². The third-order valence-corrected chi connectivity index (χ3v) is 7.14. The molecule has 0 unspecified atom stereocenters. The van der Waals surface area contributed by atoms with E-state index in [4.69, 9.17) is 0 Å². The van der Waals surface area contributed by atoms with E-state index in [2.05, 4.69) is 10.3 Å². The number of nitrogens with zero attached hydrogens (tertiary/aromatic N) is 4. The maximum atomic E-state index is 12.7. The molecule has 1 aromatic rings. The molecule has 2 amide bonds. The lowest BCUT2D eigenvalue weighted by Gasteiger charge is -2.48. The molecule has 29 heavy (non-hydrogen) atoms. The molecule has 4 heterocycles. The van der Waals surface area contributed by atoms with Crippen LogP contribution in [0.15, 0.2) is 23.3 Å². The molecule has 0 saturated carbocycles. The maximum Gasteiger partial charge on any atom is 0.315 e. The van der Waals surface area contributed by atoms with E-state index in [0.29, 0.717) is 18.0 Å². The van der Waals surface area contributed by atoms with Crippen LogP contribution in [0.4, 0.5) is 8.78 Å². The number of fused-ring (bicyclic) bond motifs is 2. The molecule has 1 N–H and O–H groups in total. The van der Waals surface area contributed by atoms with Crippen LogP contribution in [0.25, 0.3) is 0 Å². The monoisotopic (exact) mass is 427 g/mol. The number of alkyl halides is 2. The first kappa shape index (κ1) is 19.8. The topological polar surface area (TPSA) is 111 Å². The van der Waals surface area contributed by atoms with Crippen molar-refractivity contribution in [1.82, 2.24) is 19.9 Å². The fraction of sp³-hybridized carbons (Fsp3) is 0.588. The summed E-state index contributed by atoms with van der Waals surface area (Å²) in [5.74, 6) is -4.48. The van der Waals surface area contributed by atoms with Gasteiger partial charge in [0.15, 0.2) is 0 Å². The highest BCUT2D eigenvalue weighted by Crippen LogP contribution is 2.51. The van der Waals surface area contributed by atoms with E-state index in [1.807, 2.05) is 9.36 Å². The molecule has 12 heteroatoms. The molecule has 0 radical (unpaired) electrons. The Labute approximate surface area is 168 Å². The van der Waals surface area contributed by atoms with Crippen molar-refractivity contribution in [3.05, 3.63) is 23.3 Å². The standard InChI is InChI=1S/C17H19F2N5O4S/c1-7-11-10(8(2)21-15(25)14(18)19)16(26)24(11)12(17(27)28)13(7)29-9-3-22-5-20-6-23(22)4-9/h5-11,14H,3-4H2,1-2H3,(H-,21,25,27,28)/t7-,8-,10-,11-/m1/s1. The molecule has 0 aliphatic carbocycles. The zero-order valence-corrected chi connectivity index (χ0v) is 16.4. The number of carbonyl (C=O) groups is 3. The summed E-state index contributed by atoms with van der Waals surface area (Å²) in [6, 6.07) is -1.35. The smallest absolute Gasteiger partial charge is 0.315 e. The van der Waals surface area contributed by atoms with Gasteiger partial charge in [-0.2, -0.15) is 18.1 Å². The molecule has 156 valence electrons. The first-order valence-electron chi connectivity index (χ1n) is 9.14. The van der Waals surface area contributed by atoms with Crippen LogP contribution in [0.1, 0.15) is 13.8 Å². The number of carboxylic acid groups (broad SMARTS) is 1. The van der Waals surface area contributed by atoms with Crippen molar-refractivity contribution in [2.45, 2.75) is 50.7 Å². The summed E-state index contributed by atoms with van der Waals surface area (Å²) in [6.45, 7) is 4.57. The molecule has 1 saturated heterocycles. The number of aliphatic carboxylic acids is 1. The number of β-lactam (4-membered cyclic amide) rings is 1. The third kappa shape index (κ3) is 3.09. The quantitative estimate of drug-likeness (QED) is 0.437. The van der Waals surface area contributed by atoms with Crippen LogP contribution in [0.5, 0.6) is 0 Å². The minimum absolute atomic E-state index is 0.0630. The second-order valence-corrected chi connectivity index (χ2v) is 8.82. The Morgan fingerprint density at radius 1 is 1.45 bits per heavy atom. The number of nitrogens with one attached hydrogen (secondary N) is 1. The number of carboxylic acids is 1. The third-order valence-electron chi connectivity index (χ3n) is 5.69. The predicted octanol–water partition coefficient (Wildman–Crippen LogP) is -1.51. The Morgan fingerprint density at radius 2 is 2.17 bits per heavy atom. The van der Waals surface area contributed by atoms with Crippen molar-refractivity contribution in [3.63, 3.8) is 0 Å². The molecule has 9 nitrogen and oxygen atoms in total. The molecule has 4 rings (SSSR count). The number of halogens is 2. The minimum Gasteiger partial charge on any atom is -0.543 e. The number of rotatable bonds is 6. The number of hydrogen-bond acceptors (Lipinski definition) is 6. The predicted molar refractivity (Wildman–Crippen MR) is 92.7 cm³/mol. The van der Waals surface area contributed by atoms with E-state index in [9.17, 15) is 28.3 Å². The zero-order valence-electron chi connectivity index (χ0n) is 15.6. The van der Waals surface area contributed by atoms with Crippen molar-refractivity contribution >= 4 is 29.5 Å². The van der Waals surface area contributed by atoms with Crippen molar-refractivity contribution < 1.29 is 33.0 Å². The second-order valence-electron chi connectivity index (χ2n) is 7.48. The Balaban J connectivity index is 1.53. The van der Waals surface area contributed by atoms with Gasteiger partial charge in [0.05, 0.1) is 35.4 Å². The molecule has 4 atom stereocenters. The van der Waals surface area contributed by atoms with E-state index in [1.54, 1.807) is 19.6 Å². The van der Waals surface area contributed by atoms with E-state index < -0.39 is 42.2 Å². The van der Waals surface area contributed by atoms with Crippen LogP contribution in [0, 0.1) is 11.8 Å². The summed E-state index contributed by atoms with van der Waals surface area (Å²) in [4.78, 5) is 41.5. The van der Waals surface area contributed by atoms with Crippen molar-refractivity contribution in [1.29, 1.82) is 0 Å². The van der Waals surface area contributed by atoms with Crippen molar-refractivity contribution in [2.24, 2.45) is 11.8 Å². The first-order chi connectivity index (χ1) is 13.7. The summed E-state index contributed by atoms with van der Waals surface area (Å²) in [5, 5.41) is 14.0.